The molecule has 162 valence electrons. The average molecular weight is 430 g/mol. The van der Waals surface area contributed by atoms with Gasteiger partial charge in [0.05, 0.1) is 29.6 Å². The molecule has 1 aliphatic heterocycles. The predicted molar refractivity (Wildman–Crippen MR) is 122 cm³/mol. The van der Waals surface area contributed by atoms with Crippen molar-refractivity contribution in [1.29, 1.82) is 0 Å². The second-order valence-corrected chi connectivity index (χ2v) is 10.3. The maximum atomic E-state index is 12.9. The van der Waals surface area contributed by atoms with Gasteiger partial charge in [-0.2, -0.15) is 0 Å². The molecule has 1 atom stereocenters. The summed E-state index contributed by atoms with van der Waals surface area (Å²) in [5.74, 6) is -0.547. The van der Waals surface area contributed by atoms with Crippen molar-refractivity contribution in [2.45, 2.75) is 66.0 Å². The van der Waals surface area contributed by atoms with E-state index in [4.69, 9.17) is 4.74 Å². The summed E-state index contributed by atoms with van der Waals surface area (Å²) >= 11 is 1.51. The van der Waals surface area contributed by atoms with E-state index in [2.05, 4.69) is 39.9 Å². The highest BCUT2D eigenvalue weighted by Gasteiger charge is 2.32. The number of thiophene rings is 1. The fourth-order valence-electron chi connectivity index (χ4n) is 3.80. The number of hydrogen-bond acceptors (Lipinski definition) is 4. The van der Waals surface area contributed by atoms with Gasteiger partial charge in [0.2, 0.25) is 0 Å². The molecule has 2 heterocycles. The Labute approximate surface area is 183 Å². The van der Waals surface area contributed by atoms with Crippen LogP contribution >= 0.6 is 11.3 Å². The van der Waals surface area contributed by atoms with Gasteiger partial charge in [-0.25, -0.2) is 4.79 Å². The van der Waals surface area contributed by atoms with E-state index in [1.54, 1.807) is 6.92 Å². The van der Waals surface area contributed by atoms with Crippen molar-refractivity contribution in [3.63, 3.8) is 0 Å². The van der Waals surface area contributed by atoms with Gasteiger partial charge < -0.3 is 15.0 Å². The van der Waals surface area contributed by atoms with Crippen LogP contribution < -0.4 is 10.2 Å². The number of rotatable bonds is 5. The Morgan fingerprint density at radius 2 is 1.87 bits per heavy atom. The molecule has 0 bridgehead atoms. The van der Waals surface area contributed by atoms with Crippen LogP contribution in [0.2, 0.25) is 0 Å². The number of carbonyl (C=O) groups excluding carboxylic acids is 2. The van der Waals surface area contributed by atoms with Gasteiger partial charge in [-0.1, -0.05) is 32.9 Å². The Kier molecular flexibility index (Phi) is 6.68. The molecule has 0 aliphatic carbocycles. The maximum Gasteiger partial charge on any atom is 0.341 e. The highest BCUT2D eigenvalue weighted by atomic mass is 32.1. The molecular weight excluding hydrogens is 396 g/mol. The lowest BCUT2D eigenvalue weighted by atomic mass is 9.87. The van der Waals surface area contributed by atoms with E-state index in [0.29, 0.717) is 28.8 Å². The van der Waals surface area contributed by atoms with Crippen molar-refractivity contribution in [1.82, 2.24) is 0 Å². The molecular formula is C24H33N2O3S+. The van der Waals surface area contributed by atoms with E-state index < -0.39 is 0 Å². The van der Waals surface area contributed by atoms with Crippen LogP contribution in [0.3, 0.4) is 0 Å². The highest BCUT2D eigenvalue weighted by Crippen LogP contribution is 2.36. The van der Waals surface area contributed by atoms with Gasteiger partial charge in [0.1, 0.15) is 11.5 Å². The monoisotopic (exact) mass is 429 g/mol. The summed E-state index contributed by atoms with van der Waals surface area (Å²) in [6.07, 6.45) is 0.823. The second kappa shape index (κ2) is 8.90. The molecule has 30 heavy (non-hydrogen) atoms. The van der Waals surface area contributed by atoms with Crippen molar-refractivity contribution in [2.24, 2.45) is 0 Å². The third kappa shape index (κ3) is 4.76. The number of nitrogens with one attached hydrogen (secondary N) is 2. The number of anilines is 1. The first-order valence-corrected chi connectivity index (χ1v) is 11.5. The Morgan fingerprint density at radius 1 is 1.20 bits per heavy atom. The summed E-state index contributed by atoms with van der Waals surface area (Å²) in [6, 6.07) is 8.19. The standard InChI is InChI=1S/C24H32N2O3S/c1-7-29-23(28)20-18-12-13-26(15(2)3)14-19(18)30-22(20)25-21(27)16-8-10-17(11-9-16)24(4,5)6/h8-11,15H,7,12-14H2,1-6H3,(H,25,27)/p+1. The van der Waals surface area contributed by atoms with Gasteiger partial charge in [0, 0.05) is 12.0 Å². The van der Waals surface area contributed by atoms with Gasteiger partial charge >= 0.3 is 5.97 Å². The number of ether oxygens (including phenoxy) is 1. The zero-order valence-corrected chi connectivity index (χ0v) is 19.7. The maximum absolute atomic E-state index is 12.9. The number of carbonyl (C=O) groups is 2. The fourth-order valence-corrected chi connectivity index (χ4v) is 5.08. The molecule has 0 saturated carbocycles. The van der Waals surface area contributed by atoms with E-state index in [0.717, 1.165) is 25.1 Å². The topological polar surface area (TPSA) is 59.8 Å². The Morgan fingerprint density at radius 3 is 2.43 bits per heavy atom. The smallest absolute Gasteiger partial charge is 0.341 e. The molecule has 6 heteroatoms. The Hall–Kier alpha value is -2.18. The fraction of sp³-hybridized carbons (Fsp3) is 0.500. The highest BCUT2D eigenvalue weighted by molar-refractivity contribution is 7.17. The third-order valence-electron chi connectivity index (χ3n) is 5.71. The zero-order chi connectivity index (χ0) is 22.1. The number of fused-ring (bicyclic) bond motifs is 1. The van der Waals surface area contributed by atoms with E-state index in [1.165, 1.54) is 26.7 Å². The minimum absolute atomic E-state index is 0.0313. The zero-order valence-electron chi connectivity index (χ0n) is 18.8. The van der Waals surface area contributed by atoms with Crippen molar-refractivity contribution in [2.75, 3.05) is 18.5 Å². The lowest BCUT2D eigenvalue weighted by Crippen LogP contribution is -3.14. The van der Waals surface area contributed by atoms with E-state index in [-0.39, 0.29) is 17.3 Å². The summed E-state index contributed by atoms with van der Waals surface area (Å²) in [7, 11) is 0. The third-order valence-corrected chi connectivity index (χ3v) is 6.86. The quantitative estimate of drug-likeness (QED) is 0.711. The molecule has 0 fully saturated rings. The molecule has 1 unspecified atom stereocenters. The van der Waals surface area contributed by atoms with Crippen LogP contribution in [0.15, 0.2) is 24.3 Å². The van der Waals surface area contributed by atoms with Crippen LogP contribution in [0.4, 0.5) is 5.00 Å². The van der Waals surface area contributed by atoms with Crippen LogP contribution in [0, 0.1) is 0 Å². The van der Waals surface area contributed by atoms with Gasteiger partial charge in [0.25, 0.3) is 5.91 Å². The largest absolute Gasteiger partial charge is 0.462 e. The van der Waals surface area contributed by atoms with Crippen molar-refractivity contribution < 1.29 is 19.2 Å². The molecule has 0 saturated heterocycles. The minimum atomic E-state index is -0.346. The Bertz CT molecular complexity index is 923. The number of hydrogen-bond donors (Lipinski definition) is 2. The summed E-state index contributed by atoms with van der Waals surface area (Å²) in [5, 5.41) is 3.60. The summed E-state index contributed by atoms with van der Waals surface area (Å²) in [6.45, 7) is 14.8. The van der Waals surface area contributed by atoms with Crippen molar-refractivity contribution in [3.8, 4) is 0 Å². The molecule has 2 aromatic rings. The van der Waals surface area contributed by atoms with Crippen LogP contribution in [-0.4, -0.2) is 31.1 Å². The first kappa shape index (κ1) is 22.5. The molecule has 2 N–H and O–H groups in total. The molecule has 1 aromatic heterocycles. The Balaban J connectivity index is 1.89. The van der Waals surface area contributed by atoms with Gasteiger partial charge in [-0.3, -0.25) is 4.79 Å². The van der Waals surface area contributed by atoms with Crippen molar-refractivity contribution in [3.05, 3.63) is 51.4 Å². The normalized spacial score (nSPS) is 16.3. The van der Waals surface area contributed by atoms with Gasteiger partial charge in [0.15, 0.2) is 0 Å². The number of esters is 1. The lowest BCUT2D eigenvalue weighted by Gasteiger charge is -2.27. The average Bonchev–Trinajstić information content (AvgIpc) is 3.04. The molecule has 0 spiro atoms. The molecule has 1 amide bonds. The van der Waals surface area contributed by atoms with Crippen molar-refractivity contribution >= 4 is 28.2 Å². The molecule has 3 rings (SSSR count). The second-order valence-electron chi connectivity index (χ2n) is 9.20. The van der Waals surface area contributed by atoms with Crippen LogP contribution in [0.25, 0.3) is 0 Å². The predicted octanol–water partition coefficient (Wildman–Crippen LogP) is 3.82. The molecule has 1 aromatic carbocycles. The van der Waals surface area contributed by atoms with Crippen LogP contribution in [0.5, 0.6) is 0 Å². The number of benzene rings is 1. The molecule has 5 nitrogen and oxygen atoms in total. The van der Waals surface area contributed by atoms with E-state index >= 15 is 0 Å². The number of amides is 1. The summed E-state index contributed by atoms with van der Waals surface area (Å²) in [5.41, 5.74) is 3.37. The SMILES string of the molecule is CCOC(=O)c1c(NC(=O)c2ccc(C(C)(C)C)cc2)sc2c1CC[NH+](C(C)C)C2. The lowest BCUT2D eigenvalue weighted by molar-refractivity contribution is -0.936. The van der Waals surface area contributed by atoms with Crippen LogP contribution in [-0.2, 0) is 23.1 Å². The first-order valence-electron chi connectivity index (χ1n) is 10.7. The number of quaternary nitrogens is 1. The summed E-state index contributed by atoms with van der Waals surface area (Å²) in [4.78, 5) is 28.3. The van der Waals surface area contributed by atoms with E-state index in [9.17, 15) is 9.59 Å². The minimum Gasteiger partial charge on any atom is -0.462 e. The molecule has 0 radical (unpaired) electrons. The molecule has 1 aliphatic rings. The van der Waals surface area contributed by atoms with Gasteiger partial charge in [-0.15, -0.1) is 11.3 Å². The van der Waals surface area contributed by atoms with E-state index in [1.807, 2.05) is 24.3 Å². The van der Waals surface area contributed by atoms with Gasteiger partial charge in [-0.05, 0) is 49.4 Å². The summed E-state index contributed by atoms with van der Waals surface area (Å²) < 4.78 is 5.32. The van der Waals surface area contributed by atoms with Crippen LogP contribution in [0.1, 0.15) is 78.3 Å². The first-order chi connectivity index (χ1) is 14.1.